The van der Waals surface area contributed by atoms with E-state index < -0.39 is 0 Å². The van der Waals surface area contributed by atoms with E-state index in [1.54, 1.807) is 23.1 Å². The highest BCUT2D eigenvalue weighted by atomic mass is 32.2. The highest BCUT2D eigenvalue weighted by Gasteiger charge is 2.29. The second kappa shape index (κ2) is 7.72. The minimum absolute atomic E-state index is 0.0786. The highest BCUT2D eigenvalue weighted by Crippen LogP contribution is 2.28. The Morgan fingerprint density at radius 2 is 2.15 bits per heavy atom. The number of thiophene rings is 1. The summed E-state index contributed by atoms with van der Waals surface area (Å²) in [5.74, 6) is 2.07. The maximum absolute atomic E-state index is 12.8. The van der Waals surface area contributed by atoms with Gasteiger partial charge in [0.15, 0.2) is 0 Å². The van der Waals surface area contributed by atoms with Gasteiger partial charge in [-0.2, -0.15) is 0 Å². The lowest BCUT2D eigenvalue weighted by Crippen LogP contribution is -2.47. The Morgan fingerprint density at radius 3 is 2.85 bits per heavy atom. The normalized spacial score (nSPS) is 22.0. The fourth-order valence-electron chi connectivity index (χ4n) is 3.61. The Morgan fingerprint density at radius 1 is 1.42 bits per heavy atom. The predicted octanol–water partition coefficient (Wildman–Crippen LogP) is 3.87. The van der Waals surface area contributed by atoms with Crippen molar-refractivity contribution in [3.05, 3.63) is 26.6 Å². The molecule has 7 heteroatoms. The van der Waals surface area contributed by atoms with Crippen molar-refractivity contribution in [2.75, 3.05) is 6.54 Å². The van der Waals surface area contributed by atoms with Crippen LogP contribution in [0.4, 0.5) is 0 Å². The SMILES string of the molecule is Cc1sc2nc(CS[C@@H](C)C(=O)N3CC[C@H](C)C[C@@H]3C)[nH]c(=O)c2c1C. The van der Waals surface area contributed by atoms with Gasteiger partial charge in [0.1, 0.15) is 10.7 Å². The van der Waals surface area contributed by atoms with Crippen molar-refractivity contribution < 1.29 is 4.79 Å². The van der Waals surface area contributed by atoms with E-state index in [9.17, 15) is 9.59 Å². The van der Waals surface area contributed by atoms with Crippen LogP contribution in [0.2, 0.25) is 0 Å². The lowest BCUT2D eigenvalue weighted by molar-refractivity contribution is -0.134. The van der Waals surface area contributed by atoms with E-state index in [1.807, 2.05) is 25.7 Å². The Labute approximate surface area is 162 Å². The zero-order valence-corrected chi connectivity index (χ0v) is 17.7. The van der Waals surface area contributed by atoms with Gasteiger partial charge in [-0.1, -0.05) is 6.92 Å². The summed E-state index contributed by atoms with van der Waals surface area (Å²) in [5.41, 5.74) is 0.930. The predicted molar refractivity (Wildman–Crippen MR) is 110 cm³/mol. The molecule has 0 aliphatic carbocycles. The summed E-state index contributed by atoms with van der Waals surface area (Å²) in [6.07, 6.45) is 2.15. The summed E-state index contributed by atoms with van der Waals surface area (Å²) in [7, 11) is 0. The number of rotatable bonds is 4. The molecule has 26 heavy (non-hydrogen) atoms. The first kappa shape index (κ1) is 19.4. The summed E-state index contributed by atoms with van der Waals surface area (Å²) < 4.78 is 0. The van der Waals surface area contributed by atoms with Crippen LogP contribution < -0.4 is 5.56 Å². The van der Waals surface area contributed by atoms with Crippen molar-refractivity contribution in [2.45, 2.75) is 64.5 Å². The van der Waals surface area contributed by atoms with Crippen molar-refractivity contribution in [3.63, 3.8) is 0 Å². The van der Waals surface area contributed by atoms with E-state index in [0.717, 1.165) is 34.7 Å². The molecule has 0 radical (unpaired) electrons. The molecule has 0 spiro atoms. The summed E-state index contributed by atoms with van der Waals surface area (Å²) in [4.78, 5) is 36.6. The molecule has 2 aromatic rings. The number of piperidine rings is 1. The zero-order valence-electron chi connectivity index (χ0n) is 16.1. The monoisotopic (exact) mass is 393 g/mol. The Hall–Kier alpha value is -1.34. The number of nitrogens with one attached hydrogen (secondary N) is 1. The van der Waals surface area contributed by atoms with Gasteiger partial charge in [-0.25, -0.2) is 4.98 Å². The van der Waals surface area contributed by atoms with Gasteiger partial charge in [0.05, 0.1) is 16.4 Å². The number of aryl methyl sites for hydroxylation is 2. The number of hydrogen-bond donors (Lipinski definition) is 1. The summed E-state index contributed by atoms with van der Waals surface area (Å²) in [6, 6.07) is 0.306. The van der Waals surface area contributed by atoms with Crippen LogP contribution in [0.3, 0.4) is 0 Å². The number of thioether (sulfide) groups is 1. The number of carbonyl (C=O) groups is 1. The molecule has 1 saturated heterocycles. The summed E-state index contributed by atoms with van der Waals surface area (Å²) in [5, 5.41) is 0.556. The van der Waals surface area contributed by atoms with Gasteiger partial charge >= 0.3 is 0 Å². The van der Waals surface area contributed by atoms with E-state index in [-0.39, 0.29) is 16.7 Å². The molecule has 1 amide bonds. The van der Waals surface area contributed by atoms with Gasteiger partial charge in [0.25, 0.3) is 5.56 Å². The lowest BCUT2D eigenvalue weighted by Gasteiger charge is -2.37. The largest absolute Gasteiger partial charge is 0.339 e. The van der Waals surface area contributed by atoms with Crippen molar-refractivity contribution >= 4 is 39.2 Å². The van der Waals surface area contributed by atoms with Crippen LogP contribution in [0.1, 0.15) is 49.9 Å². The average Bonchev–Trinajstić information content (AvgIpc) is 2.86. The van der Waals surface area contributed by atoms with E-state index in [0.29, 0.717) is 28.9 Å². The molecule has 142 valence electrons. The second-order valence-electron chi connectivity index (χ2n) is 7.44. The number of aromatic nitrogens is 2. The van der Waals surface area contributed by atoms with Crippen molar-refractivity contribution in [2.24, 2.45) is 5.92 Å². The molecule has 0 aromatic carbocycles. The first-order valence-electron chi connectivity index (χ1n) is 9.19. The highest BCUT2D eigenvalue weighted by molar-refractivity contribution is 7.99. The minimum Gasteiger partial charge on any atom is -0.339 e. The molecule has 0 saturated carbocycles. The van der Waals surface area contributed by atoms with Gasteiger partial charge in [-0.15, -0.1) is 23.1 Å². The van der Waals surface area contributed by atoms with E-state index in [2.05, 4.69) is 23.8 Å². The fourth-order valence-corrected chi connectivity index (χ4v) is 5.48. The van der Waals surface area contributed by atoms with Gasteiger partial charge < -0.3 is 9.88 Å². The van der Waals surface area contributed by atoms with E-state index in [4.69, 9.17) is 0 Å². The van der Waals surface area contributed by atoms with Gasteiger partial charge in [-0.05, 0) is 52.0 Å². The molecular weight excluding hydrogens is 366 g/mol. The number of aromatic amines is 1. The minimum atomic E-state index is -0.140. The van der Waals surface area contributed by atoms with E-state index >= 15 is 0 Å². The molecule has 1 aliphatic rings. The summed E-state index contributed by atoms with van der Waals surface area (Å²) in [6.45, 7) is 11.2. The van der Waals surface area contributed by atoms with Crippen LogP contribution in [-0.2, 0) is 10.5 Å². The zero-order chi connectivity index (χ0) is 19.0. The number of likely N-dealkylation sites (tertiary alicyclic amines) is 1. The van der Waals surface area contributed by atoms with Gasteiger partial charge in [-0.3, -0.25) is 9.59 Å². The maximum Gasteiger partial charge on any atom is 0.259 e. The van der Waals surface area contributed by atoms with Crippen LogP contribution >= 0.6 is 23.1 Å². The van der Waals surface area contributed by atoms with Gasteiger partial charge in [0, 0.05) is 17.5 Å². The first-order valence-corrected chi connectivity index (χ1v) is 11.1. The van der Waals surface area contributed by atoms with Crippen LogP contribution in [0.5, 0.6) is 0 Å². The standard InChI is InChI=1S/C19H27N3O2S2/c1-10-6-7-22(11(2)8-10)19(24)14(5)25-9-15-20-17(23)16-12(3)13(4)26-18(16)21-15/h10-11,14H,6-9H2,1-5H3,(H,20,21,23)/t10-,11-,14-/m0/s1. The summed E-state index contributed by atoms with van der Waals surface area (Å²) >= 11 is 3.10. The average molecular weight is 394 g/mol. The fraction of sp³-hybridized carbons (Fsp3) is 0.632. The molecule has 3 heterocycles. The Balaban J connectivity index is 1.67. The molecule has 1 N–H and O–H groups in total. The van der Waals surface area contributed by atoms with Crippen molar-refractivity contribution in [1.82, 2.24) is 14.9 Å². The quantitative estimate of drug-likeness (QED) is 0.856. The van der Waals surface area contributed by atoms with E-state index in [1.165, 1.54) is 0 Å². The number of amides is 1. The topological polar surface area (TPSA) is 66.1 Å². The molecule has 1 fully saturated rings. The van der Waals surface area contributed by atoms with Gasteiger partial charge in [0.2, 0.25) is 5.91 Å². The maximum atomic E-state index is 12.8. The number of fused-ring (bicyclic) bond motifs is 1. The number of H-pyrrole nitrogens is 1. The molecule has 0 bridgehead atoms. The third-order valence-corrected chi connectivity index (χ3v) is 7.57. The Kier molecular flexibility index (Phi) is 5.77. The smallest absolute Gasteiger partial charge is 0.259 e. The molecule has 2 aromatic heterocycles. The second-order valence-corrected chi connectivity index (χ2v) is 9.97. The number of carbonyl (C=O) groups excluding carboxylic acids is 1. The van der Waals surface area contributed by atoms with Crippen molar-refractivity contribution in [3.8, 4) is 0 Å². The molecule has 0 unspecified atom stereocenters. The van der Waals surface area contributed by atoms with Crippen LogP contribution in [0, 0.1) is 19.8 Å². The first-order chi connectivity index (χ1) is 12.3. The molecular formula is C19H27N3O2S2. The van der Waals surface area contributed by atoms with Crippen molar-refractivity contribution in [1.29, 1.82) is 0 Å². The van der Waals surface area contributed by atoms with Crippen LogP contribution in [-0.4, -0.2) is 38.6 Å². The Bertz CT molecular complexity index is 874. The lowest BCUT2D eigenvalue weighted by atomic mass is 9.93. The molecule has 3 atom stereocenters. The number of nitrogens with zero attached hydrogens (tertiary/aromatic N) is 2. The molecule has 5 nitrogen and oxygen atoms in total. The van der Waals surface area contributed by atoms with Crippen LogP contribution in [0.25, 0.3) is 10.2 Å². The third-order valence-electron chi connectivity index (χ3n) is 5.33. The third kappa shape index (κ3) is 3.83. The van der Waals surface area contributed by atoms with Crippen LogP contribution in [0.15, 0.2) is 4.79 Å². The number of hydrogen-bond acceptors (Lipinski definition) is 5. The molecule has 3 rings (SSSR count). The molecule has 1 aliphatic heterocycles.